The molecule has 1 aliphatic carbocycles. The van der Waals surface area contributed by atoms with E-state index in [4.69, 9.17) is 4.74 Å². The highest BCUT2D eigenvalue weighted by molar-refractivity contribution is 7.26. The molecule has 0 radical (unpaired) electrons. The number of ether oxygens (including phenoxy) is 1. The van der Waals surface area contributed by atoms with Crippen molar-refractivity contribution in [3.8, 4) is 44.9 Å². The molecule has 13 rings (SSSR count). The standard InChI is InChI=1S/C59H37NOS/c1-2-15-38(16-3-1)39-29-33-42(34-30-39)60(52-37-41-17-4-5-18-45(41)58-57(52)47-20-7-13-28-55(47)62-58)43-35-31-40(32-36-43)44-21-14-25-51-56(44)46-19-6-8-22-48(46)59(51)49-23-9-11-26-53(49)61-54-27-12-10-24-50(54)59/h1-37H. The van der Waals surface area contributed by atoms with Crippen molar-refractivity contribution in [2.45, 2.75) is 5.41 Å². The first-order chi connectivity index (χ1) is 30.8. The smallest absolute Gasteiger partial charge is 0.132 e. The summed E-state index contributed by atoms with van der Waals surface area (Å²) >= 11 is 1.88. The SMILES string of the molecule is c1ccc(-c2ccc(N(c3ccc(-c4cccc5c4-c4ccccc4C54c5ccccc5Oc5ccccc54)cc3)c3cc4ccccc4c4sc5ccccc5c34)cc2)cc1. The van der Waals surface area contributed by atoms with Crippen LogP contribution in [0.25, 0.3) is 64.3 Å². The Balaban J connectivity index is 1.01. The molecule has 0 amide bonds. The maximum Gasteiger partial charge on any atom is 0.132 e. The number of hydrogen-bond donors (Lipinski definition) is 0. The van der Waals surface area contributed by atoms with Gasteiger partial charge < -0.3 is 9.64 Å². The first-order valence-corrected chi connectivity index (χ1v) is 22.1. The molecule has 1 aliphatic heterocycles. The second kappa shape index (κ2) is 13.7. The minimum absolute atomic E-state index is 0.513. The van der Waals surface area contributed by atoms with Gasteiger partial charge in [0.25, 0.3) is 0 Å². The fourth-order valence-electron chi connectivity index (χ4n) is 10.5. The zero-order valence-corrected chi connectivity index (χ0v) is 34.4. The lowest BCUT2D eigenvalue weighted by Crippen LogP contribution is -2.32. The summed E-state index contributed by atoms with van der Waals surface area (Å²) in [6, 6.07) is 82.0. The third-order valence-corrected chi connectivity index (χ3v) is 14.3. The third-order valence-electron chi connectivity index (χ3n) is 13.1. The fraction of sp³-hybridized carbons (Fsp3) is 0.0169. The van der Waals surface area contributed by atoms with Crippen molar-refractivity contribution in [3.63, 3.8) is 0 Å². The molecule has 3 heteroatoms. The Labute approximate surface area is 364 Å². The van der Waals surface area contributed by atoms with E-state index < -0.39 is 5.41 Å². The molecule has 0 saturated carbocycles. The van der Waals surface area contributed by atoms with Gasteiger partial charge in [-0.1, -0.05) is 176 Å². The van der Waals surface area contributed by atoms with Crippen LogP contribution in [0.2, 0.25) is 0 Å². The number of thiophene rings is 1. The maximum atomic E-state index is 6.61. The highest BCUT2D eigenvalue weighted by Crippen LogP contribution is 2.63. The van der Waals surface area contributed by atoms with Gasteiger partial charge in [0, 0.05) is 42.7 Å². The Morgan fingerprint density at radius 1 is 0.403 bits per heavy atom. The molecule has 62 heavy (non-hydrogen) atoms. The number of hydrogen-bond acceptors (Lipinski definition) is 3. The van der Waals surface area contributed by atoms with Crippen LogP contribution in [0.3, 0.4) is 0 Å². The highest BCUT2D eigenvalue weighted by Gasteiger charge is 2.51. The molecular weight excluding hydrogens is 771 g/mol. The molecule has 2 heterocycles. The molecule has 2 aliphatic rings. The molecule has 0 atom stereocenters. The van der Waals surface area contributed by atoms with Gasteiger partial charge in [-0.25, -0.2) is 0 Å². The molecule has 0 fully saturated rings. The van der Waals surface area contributed by atoms with Crippen LogP contribution in [0.1, 0.15) is 22.3 Å². The lowest BCUT2D eigenvalue weighted by molar-refractivity contribution is 0.436. The van der Waals surface area contributed by atoms with Crippen molar-refractivity contribution in [1.29, 1.82) is 0 Å². The molecule has 0 bridgehead atoms. The van der Waals surface area contributed by atoms with Gasteiger partial charge in [0.1, 0.15) is 11.5 Å². The Bertz CT molecular complexity index is 3500. The van der Waals surface area contributed by atoms with Crippen molar-refractivity contribution in [1.82, 2.24) is 0 Å². The van der Waals surface area contributed by atoms with Crippen LogP contribution in [0.15, 0.2) is 224 Å². The summed E-state index contributed by atoms with van der Waals surface area (Å²) in [7, 11) is 0. The van der Waals surface area contributed by atoms with Gasteiger partial charge in [-0.2, -0.15) is 0 Å². The van der Waals surface area contributed by atoms with E-state index in [2.05, 4.69) is 229 Å². The molecule has 0 unspecified atom stereocenters. The Morgan fingerprint density at radius 2 is 0.952 bits per heavy atom. The summed E-state index contributed by atoms with van der Waals surface area (Å²) in [6.07, 6.45) is 0. The molecular formula is C59H37NOS. The third kappa shape index (κ3) is 5.03. The maximum absolute atomic E-state index is 6.61. The van der Waals surface area contributed by atoms with Crippen LogP contribution in [0, 0.1) is 0 Å². The lowest BCUT2D eigenvalue weighted by atomic mass is 9.66. The quantitative estimate of drug-likeness (QED) is 0.172. The van der Waals surface area contributed by atoms with Crippen LogP contribution in [-0.2, 0) is 5.41 Å². The van der Waals surface area contributed by atoms with Crippen molar-refractivity contribution >= 4 is 59.3 Å². The van der Waals surface area contributed by atoms with Gasteiger partial charge in [0.05, 0.1) is 11.1 Å². The first kappa shape index (κ1) is 35.1. The second-order valence-electron chi connectivity index (χ2n) is 16.3. The van der Waals surface area contributed by atoms with E-state index in [-0.39, 0.29) is 0 Å². The van der Waals surface area contributed by atoms with Gasteiger partial charge in [0.15, 0.2) is 0 Å². The van der Waals surface area contributed by atoms with E-state index in [0.29, 0.717) is 0 Å². The normalized spacial score (nSPS) is 13.1. The zero-order valence-electron chi connectivity index (χ0n) is 33.6. The average molecular weight is 808 g/mol. The number of nitrogens with zero attached hydrogens (tertiary/aromatic N) is 1. The molecule has 0 N–H and O–H groups in total. The van der Waals surface area contributed by atoms with E-state index in [1.807, 2.05) is 11.3 Å². The largest absolute Gasteiger partial charge is 0.457 e. The summed E-state index contributed by atoms with van der Waals surface area (Å²) in [6.45, 7) is 0. The van der Waals surface area contributed by atoms with Crippen molar-refractivity contribution in [3.05, 3.63) is 247 Å². The molecule has 290 valence electrons. The predicted molar refractivity (Wildman–Crippen MR) is 260 cm³/mol. The molecule has 1 spiro atoms. The minimum atomic E-state index is -0.513. The molecule has 0 saturated heterocycles. The van der Waals surface area contributed by atoms with E-state index in [0.717, 1.165) is 22.9 Å². The van der Waals surface area contributed by atoms with Crippen LogP contribution in [0.4, 0.5) is 17.1 Å². The lowest BCUT2D eigenvalue weighted by Gasteiger charge is -2.39. The molecule has 11 aromatic rings. The van der Waals surface area contributed by atoms with E-state index in [1.54, 1.807) is 0 Å². The number of fused-ring (bicyclic) bond motifs is 14. The molecule has 1 aromatic heterocycles. The number of anilines is 3. The van der Waals surface area contributed by atoms with E-state index >= 15 is 0 Å². The summed E-state index contributed by atoms with van der Waals surface area (Å²) in [5.41, 5.74) is 15.1. The van der Waals surface area contributed by atoms with Crippen LogP contribution in [-0.4, -0.2) is 0 Å². The summed E-state index contributed by atoms with van der Waals surface area (Å²) in [4.78, 5) is 2.46. The van der Waals surface area contributed by atoms with Crippen LogP contribution < -0.4 is 9.64 Å². The average Bonchev–Trinajstić information content (AvgIpc) is 3.88. The first-order valence-electron chi connectivity index (χ1n) is 21.2. The number of rotatable bonds is 5. The summed E-state index contributed by atoms with van der Waals surface area (Å²) in [5.74, 6) is 1.81. The number of para-hydroxylation sites is 2. The molecule has 10 aromatic carbocycles. The Morgan fingerprint density at radius 3 is 1.69 bits per heavy atom. The Hall–Kier alpha value is -7.72. The highest BCUT2D eigenvalue weighted by atomic mass is 32.1. The van der Waals surface area contributed by atoms with E-state index in [9.17, 15) is 0 Å². The van der Waals surface area contributed by atoms with Gasteiger partial charge in [0.2, 0.25) is 0 Å². The Kier molecular flexibility index (Phi) is 7.72. The van der Waals surface area contributed by atoms with Crippen LogP contribution >= 0.6 is 11.3 Å². The summed E-state index contributed by atoms with van der Waals surface area (Å²) < 4.78 is 9.21. The fourth-order valence-corrected chi connectivity index (χ4v) is 11.8. The van der Waals surface area contributed by atoms with Crippen molar-refractivity contribution < 1.29 is 4.74 Å². The predicted octanol–water partition coefficient (Wildman–Crippen LogP) is 16.5. The van der Waals surface area contributed by atoms with Crippen LogP contribution in [0.5, 0.6) is 11.5 Å². The second-order valence-corrected chi connectivity index (χ2v) is 17.4. The van der Waals surface area contributed by atoms with Gasteiger partial charge in [-0.05, 0) is 104 Å². The zero-order chi connectivity index (χ0) is 40.8. The van der Waals surface area contributed by atoms with Gasteiger partial charge in [-0.15, -0.1) is 11.3 Å². The van der Waals surface area contributed by atoms with E-state index in [1.165, 1.54) is 92.3 Å². The van der Waals surface area contributed by atoms with Gasteiger partial charge in [-0.3, -0.25) is 0 Å². The van der Waals surface area contributed by atoms with Crippen molar-refractivity contribution in [2.24, 2.45) is 0 Å². The monoisotopic (exact) mass is 807 g/mol. The molecule has 2 nitrogen and oxygen atoms in total. The van der Waals surface area contributed by atoms with Gasteiger partial charge >= 0.3 is 0 Å². The topological polar surface area (TPSA) is 12.5 Å². The minimum Gasteiger partial charge on any atom is -0.457 e. The number of benzene rings is 10. The van der Waals surface area contributed by atoms with Crippen molar-refractivity contribution in [2.75, 3.05) is 4.90 Å². The summed E-state index contributed by atoms with van der Waals surface area (Å²) in [5, 5.41) is 5.07.